The zero-order valence-corrected chi connectivity index (χ0v) is 22.5. The molecule has 1 atom stereocenters. The largest absolute Gasteiger partial charge is 0.292 e. The molecule has 39 heavy (non-hydrogen) atoms. The van der Waals surface area contributed by atoms with Gasteiger partial charge in [0, 0.05) is 26.2 Å². The fourth-order valence-electron chi connectivity index (χ4n) is 5.96. The predicted octanol–water partition coefficient (Wildman–Crippen LogP) is 10.2. The number of para-hydroxylation sites is 1. The maximum Gasteiger partial charge on any atom is 0.138 e. The van der Waals surface area contributed by atoms with E-state index in [-0.39, 0.29) is 0 Å². The van der Waals surface area contributed by atoms with Crippen molar-refractivity contribution in [2.45, 2.75) is 13.3 Å². The van der Waals surface area contributed by atoms with Crippen molar-refractivity contribution < 1.29 is 0 Å². The Morgan fingerprint density at radius 1 is 0.744 bits per heavy atom. The van der Waals surface area contributed by atoms with Crippen molar-refractivity contribution in [1.29, 1.82) is 0 Å². The molecule has 0 saturated carbocycles. The number of rotatable bonds is 3. The molecule has 7 aromatic rings. The molecule has 1 unspecified atom stereocenters. The van der Waals surface area contributed by atoms with E-state index in [4.69, 9.17) is 4.98 Å². The molecule has 0 fully saturated rings. The summed E-state index contributed by atoms with van der Waals surface area (Å²) in [4.78, 5) is 5.36. The first-order valence-electron chi connectivity index (χ1n) is 13.5. The van der Waals surface area contributed by atoms with Crippen molar-refractivity contribution in [2.24, 2.45) is 5.92 Å². The fourth-order valence-corrected chi connectivity index (χ4v) is 7.20. The Hall–Kier alpha value is -4.47. The van der Waals surface area contributed by atoms with Gasteiger partial charge in [-0.3, -0.25) is 4.57 Å². The van der Waals surface area contributed by atoms with Crippen LogP contribution in [-0.2, 0) is 0 Å². The molecule has 3 heterocycles. The highest BCUT2D eigenvalue weighted by Crippen LogP contribution is 2.43. The van der Waals surface area contributed by atoms with Crippen LogP contribution < -0.4 is 0 Å². The van der Waals surface area contributed by atoms with Crippen LogP contribution in [0.3, 0.4) is 0 Å². The lowest BCUT2D eigenvalue weighted by atomic mass is 9.95. The van der Waals surface area contributed by atoms with E-state index in [1.807, 2.05) is 11.3 Å². The third-order valence-electron chi connectivity index (χ3n) is 7.94. The average Bonchev–Trinajstić information content (AvgIpc) is 3.54. The van der Waals surface area contributed by atoms with Gasteiger partial charge in [-0.2, -0.15) is 0 Å². The van der Waals surface area contributed by atoms with Gasteiger partial charge in [0.2, 0.25) is 0 Å². The highest BCUT2D eigenvalue weighted by molar-refractivity contribution is 7.26. The average molecular weight is 519 g/mol. The summed E-state index contributed by atoms with van der Waals surface area (Å²) in [6, 6.07) is 37.2. The van der Waals surface area contributed by atoms with Gasteiger partial charge in [0.25, 0.3) is 0 Å². The number of allylic oxidation sites excluding steroid dienone is 4. The van der Waals surface area contributed by atoms with Gasteiger partial charge in [-0.1, -0.05) is 104 Å². The molecule has 0 radical (unpaired) electrons. The number of nitrogens with zero attached hydrogens (tertiary/aromatic N) is 2. The summed E-state index contributed by atoms with van der Waals surface area (Å²) in [5.41, 5.74) is 7.01. The second kappa shape index (κ2) is 8.79. The van der Waals surface area contributed by atoms with Crippen LogP contribution in [0.15, 0.2) is 121 Å². The number of benzene rings is 4. The maximum atomic E-state index is 5.36. The molecule has 0 amide bonds. The molecule has 186 valence electrons. The third kappa shape index (κ3) is 3.58. The van der Waals surface area contributed by atoms with Crippen molar-refractivity contribution in [3.8, 4) is 16.9 Å². The van der Waals surface area contributed by atoms with E-state index in [0.29, 0.717) is 5.92 Å². The van der Waals surface area contributed by atoms with Gasteiger partial charge in [0.05, 0.1) is 21.4 Å². The Morgan fingerprint density at radius 3 is 2.36 bits per heavy atom. The molecule has 2 nitrogen and oxygen atoms in total. The van der Waals surface area contributed by atoms with Crippen molar-refractivity contribution in [1.82, 2.24) is 9.55 Å². The lowest BCUT2D eigenvalue weighted by molar-refractivity contribution is 0.738. The minimum Gasteiger partial charge on any atom is -0.292 e. The van der Waals surface area contributed by atoms with Crippen molar-refractivity contribution >= 4 is 58.9 Å². The van der Waals surface area contributed by atoms with E-state index in [1.54, 1.807) is 0 Å². The van der Waals surface area contributed by atoms with E-state index in [0.717, 1.165) is 17.9 Å². The minimum absolute atomic E-state index is 0.559. The van der Waals surface area contributed by atoms with Crippen LogP contribution in [0.4, 0.5) is 0 Å². The lowest BCUT2D eigenvalue weighted by Gasteiger charge is -2.16. The highest BCUT2D eigenvalue weighted by atomic mass is 32.1. The minimum atomic E-state index is 0.559. The van der Waals surface area contributed by atoms with E-state index in [2.05, 4.69) is 133 Å². The van der Waals surface area contributed by atoms with Crippen LogP contribution >= 0.6 is 11.3 Å². The van der Waals surface area contributed by atoms with Gasteiger partial charge in [0.15, 0.2) is 0 Å². The first kappa shape index (κ1) is 22.5. The molecular weight excluding hydrogens is 492 g/mol. The Kier molecular flexibility index (Phi) is 5.07. The molecule has 0 spiro atoms. The van der Waals surface area contributed by atoms with Crippen LogP contribution in [0.1, 0.15) is 19.0 Å². The third-order valence-corrected chi connectivity index (χ3v) is 9.13. The van der Waals surface area contributed by atoms with Gasteiger partial charge in [-0.05, 0) is 53.3 Å². The maximum absolute atomic E-state index is 5.36. The number of aromatic nitrogens is 2. The number of fused-ring (bicyclic) bond motifs is 7. The Labute approximate surface area is 231 Å². The Morgan fingerprint density at radius 2 is 1.51 bits per heavy atom. The van der Waals surface area contributed by atoms with Crippen LogP contribution in [0.2, 0.25) is 0 Å². The van der Waals surface area contributed by atoms with E-state index in [9.17, 15) is 0 Å². The van der Waals surface area contributed by atoms with Gasteiger partial charge in [0.1, 0.15) is 5.82 Å². The summed E-state index contributed by atoms with van der Waals surface area (Å²) < 4.78 is 5.02. The molecule has 1 aliphatic carbocycles. The summed E-state index contributed by atoms with van der Waals surface area (Å²) in [5, 5.41) is 5.14. The van der Waals surface area contributed by atoms with E-state index >= 15 is 0 Å². The summed E-state index contributed by atoms with van der Waals surface area (Å²) in [6.45, 7) is 2.26. The number of pyridine rings is 1. The highest BCUT2D eigenvalue weighted by Gasteiger charge is 2.20. The summed E-state index contributed by atoms with van der Waals surface area (Å²) in [5.74, 6) is 1.51. The smallest absolute Gasteiger partial charge is 0.138 e. The Bertz CT molecular complexity index is 2110. The number of thiophene rings is 1. The van der Waals surface area contributed by atoms with Gasteiger partial charge < -0.3 is 0 Å². The molecule has 8 rings (SSSR count). The van der Waals surface area contributed by atoms with Crippen LogP contribution in [0.5, 0.6) is 0 Å². The predicted molar refractivity (Wildman–Crippen MR) is 168 cm³/mol. The molecule has 0 N–H and O–H groups in total. The molecule has 0 saturated heterocycles. The number of hydrogen-bond donors (Lipinski definition) is 0. The SMILES string of the molecule is CC1C=CC(c2cc(-c3ccccc3)cc(-n3c4ccccc4c4ccc5c6ccccc6sc5c43)n2)=CC1. The number of hydrogen-bond acceptors (Lipinski definition) is 2. The molecular formula is C36H26N2S. The topological polar surface area (TPSA) is 17.8 Å². The monoisotopic (exact) mass is 518 g/mol. The summed E-state index contributed by atoms with van der Waals surface area (Å²) in [7, 11) is 0. The van der Waals surface area contributed by atoms with Crippen LogP contribution in [0, 0.1) is 5.92 Å². The molecule has 0 bridgehead atoms. The van der Waals surface area contributed by atoms with Crippen molar-refractivity contribution in [2.75, 3.05) is 0 Å². The van der Waals surface area contributed by atoms with Crippen molar-refractivity contribution in [3.05, 3.63) is 127 Å². The second-order valence-electron chi connectivity index (χ2n) is 10.5. The lowest BCUT2D eigenvalue weighted by Crippen LogP contribution is -2.03. The molecule has 0 aliphatic heterocycles. The first-order chi connectivity index (χ1) is 19.2. The summed E-state index contributed by atoms with van der Waals surface area (Å²) >= 11 is 1.88. The molecule has 4 aromatic carbocycles. The standard InChI is InChI=1S/C36H26N2S/c1-23-15-17-25(18-16-23)31-21-26(24-9-3-2-4-10-24)22-34(37-31)38-32-13-7-5-11-27(32)29-19-20-30-28-12-6-8-14-33(28)39-36(30)35(29)38/h2-15,17-23H,16H2,1H3. The van der Waals surface area contributed by atoms with E-state index < -0.39 is 0 Å². The summed E-state index contributed by atoms with van der Waals surface area (Å²) in [6.07, 6.45) is 7.91. The zero-order chi connectivity index (χ0) is 25.9. The fraction of sp³-hybridized carbons (Fsp3) is 0.0833. The van der Waals surface area contributed by atoms with E-state index in [1.165, 1.54) is 58.7 Å². The van der Waals surface area contributed by atoms with Gasteiger partial charge >= 0.3 is 0 Å². The first-order valence-corrected chi connectivity index (χ1v) is 14.4. The van der Waals surface area contributed by atoms with Crippen molar-refractivity contribution in [3.63, 3.8) is 0 Å². The second-order valence-corrected chi connectivity index (χ2v) is 11.5. The molecule has 3 aromatic heterocycles. The van der Waals surface area contributed by atoms with Gasteiger partial charge in [-0.25, -0.2) is 4.98 Å². The Balaban J connectivity index is 1.49. The molecule has 1 aliphatic rings. The van der Waals surface area contributed by atoms with Crippen LogP contribution in [-0.4, -0.2) is 9.55 Å². The quantitative estimate of drug-likeness (QED) is 0.227. The van der Waals surface area contributed by atoms with Crippen LogP contribution in [0.25, 0.3) is 64.5 Å². The zero-order valence-electron chi connectivity index (χ0n) is 21.6. The van der Waals surface area contributed by atoms with Gasteiger partial charge in [-0.15, -0.1) is 11.3 Å². The normalized spacial score (nSPS) is 15.5. The molecule has 3 heteroatoms.